The molecule has 1 saturated carbocycles. The normalized spacial score (nSPS) is 15.3. The molecule has 1 aliphatic carbocycles. The first-order valence-corrected chi connectivity index (χ1v) is 13.0. The molecule has 3 N–H and O–H groups in total. The highest BCUT2D eigenvalue weighted by Crippen LogP contribution is 2.33. The second-order valence-corrected chi connectivity index (χ2v) is 9.54. The number of nitrogens with one attached hydrogen (secondary N) is 2. The molecule has 3 aromatic carbocycles. The van der Waals surface area contributed by atoms with Crippen molar-refractivity contribution in [3.05, 3.63) is 102 Å². The summed E-state index contributed by atoms with van der Waals surface area (Å²) in [6.07, 6.45) is 1.95. The van der Waals surface area contributed by atoms with Crippen LogP contribution in [0.25, 0.3) is 0 Å². The molecule has 0 aliphatic heterocycles. The molecule has 1 aliphatic rings. The summed E-state index contributed by atoms with van der Waals surface area (Å²) in [5, 5.41) is 16.3. The maximum Gasteiger partial charge on any atom is 0.118 e. The summed E-state index contributed by atoms with van der Waals surface area (Å²) in [5.41, 5.74) is 3.97. The second kappa shape index (κ2) is 20.8. The third-order valence-corrected chi connectivity index (χ3v) is 6.68. The van der Waals surface area contributed by atoms with Gasteiger partial charge in [-0.25, -0.2) is 0 Å². The number of thioether (sulfide) groups is 1. The van der Waals surface area contributed by atoms with Crippen LogP contribution in [0, 0.1) is 6.92 Å². The van der Waals surface area contributed by atoms with Crippen molar-refractivity contribution in [3.8, 4) is 5.75 Å². The number of aliphatic hydroxyl groups is 1. The quantitative estimate of drug-likeness (QED) is 0.212. The predicted molar refractivity (Wildman–Crippen MR) is 160 cm³/mol. The lowest BCUT2D eigenvalue weighted by atomic mass is 9.96. The van der Waals surface area contributed by atoms with E-state index < -0.39 is 0 Å². The van der Waals surface area contributed by atoms with Crippen LogP contribution in [0.3, 0.4) is 0 Å². The Morgan fingerprint density at radius 3 is 1.89 bits per heavy atom. The predicted octanol–water partition coefficient (Wildman–Crippen LogP) is 7.06. The largest absolute Gasteiger partial charge is 0.497 e. The van der Waals surface area contributed by atoms with Crippen LogP contribution in [0.1, 0.15) is 51.3 Å². The van der Waals surface area contributed by atoms with Gasteiger partial charge in [-0.15, -0.1) is 0 Å². The lowest BCUT2D eigenvalue weighted by Gasteiger charge is -2.30. The Balaban J connectivity index is 0.000000520. The average Bonchev–Trinajstić information content (AvgIpc) is 2.86. The van der Waals surface area contributed by atoms with E-state index in [0.29, 0.717) is 5.25 Å². The molecule has 0 aromatic heterocycles. The van der Waals surface area contributed by atoms with E-state index in [1.807, 2.05) is 48.2 Å². The number of benzene rings is 3. The number of rotatable bonds is 9. The van der Waals surface area contributed by atoms with Crippen molar-refractivity contribution >= 4 is 11.8 Å². The summed E-state index contributed by atoms with van der Waals surface area (Å²) in [6, 6.07) is 28.9. The molecule has 0 radical (unpaired) electrons. The monoisotopic (exact) mass is 512 g/mol. The van der Waals surface area contributed by atoms with E-state index in [9.17, 15) is 0 Å². The molecular weight excluding hydrogens is 464 g/mol. The summed E-state index contributed by atoms with van der Waals surface area (Å²) in [5.74, 6) is 1.98. The first-order valence-electron chi connectivity index (χ1n) is 12.0. The molecule has 0 unspecified atom stereocenters. The molecule has 0 amide bonds. The first-order chi connectivity index (χ1) is 16.6. The van der Waals surface area contributed by atoms with Gasteiger partial charge in [0.05, 0.1) is 13.2 Å². The van der Waals surface area contributed by atoms with Crippen molar-refractivity contribution in [2.45, 2.75) is 65.2 Å². The fourth-order valence-electron chi connectivity index (χ4n) is 3.16. The zero-order valence-electron chi connectivity index (χ0n) is 20.7. The molecule has 0 saturated heterocycles. The van der Waals surface area contributed by atoms with Crippen LogP contribution in [-0.4, -0.2) is 36.8 Å². The summed E-state index contributed by atoms with van der Waals surface area (Å²) < 4.78 is 5.08. The van der Waals surface area contributed by atoms with Gasteiger partial charge in [-0.2, -0.15) is 11.8 Å². The van der Waals surface area contributed by atoms with Crippen LogP contribution in [0.5, 0.6) is 5.75 Å². The van der Waals surface area contributed by atoms with Crippen LogP contribution < -0.4 is 15.4 Å². The standard InChI is InChI=1S/C11H18N2O.C11H14OS.C7H8.2CH4/c1-3-12-9-13-8-10-4-6-11(14-2)7-5-10;12-10-6-11(7-10)13-8-9-4-2-1-3-5-9;1-7-5-3-2-4-6-7;;/h4-7,12-13H,3,8-9H2,1-2H3;1-5,10-12H,6-8H2;2-6H,1H3;2*1H4. The van der Waals surface area contributed by atoms with Crippen LogP contribution in [-0.2, 0) is 12.3 Å². The number of aryl methyl sites for hydroxylation is 1. The lowest BCUT2D eigenvalue weighted by Crippen LogP contribution is -2.30. The molecular formula is C31H48N2O2S. The number of ether oxygens (including phenoxy) is 1. The van der Waals surface area contributed by atoms with E-state index in [4.69, 9.17) is 9.84 Å². The third-order valence-electron chi connectivity index (χ3n) is 5.33. The molecule has 0 bridgehead atoms. The van der Waals surface area contributed by atoms with Gasteiger partial charge in [-0.3, -0.25) is 0 Å². The van der Waals surface area contributed by atoms with Crippen LogP contribution in [0.2, 0.25) is 0 Å². The molecule has 0 heterocycles. The van der Waals surface area contributed by atoms with E-state index in [0.717, 1.165) is 44.1 Å². The Kier molecular flexibility index (Phi) is 19.5. The summed E-state index contributed by atoms with van der Waals surface area (Å²) >= 11 is 1.96. The highest BCUT2D eigenvalue weighted by atomic mass is 32.2. The van der Waals surface area contributed by atoms with Gasteiger partial charge in [0.1, 0.15) is 5.75 Å². The van der Waals surface area contributed by atoms with Crippen LogP contribution in [0.4, 0.5) is 0 Å². The Hall–Kier alpha value is -2.31. The van der Waals surface area contributed by atoms with Crippen molar-refractivity contribution in [1.82, 2.24) is 10.6 Å². The Morgan fingerprint density at radius 1 is 0.833 bits per heavy atom. The SMILES string of the molecule is C.C.CCNCNCc1ccc(OC)cc1.Cc1ccccc1.OC1CC(SCc2ccccc2)C1. The molecule has 4 rings (SSSR count). The highest BCUT2D eigenvalue weighted by molar-refractivity contribution is 7.99. The van der Waals surface area contributed by atoms with E-state index >= 15 is 0 Å². The van der Waals surface area contributed by atoms with Gasteiger partial charge in [-0.05, 0) is 49.6 Å². The van der Waals surface area contributed by atoms with Crippen molar-refractivity contribution in [1.29, 1.82) is 0 Å². The lowest BCUT2D eigenvalue weighted by molar-refractivity contribution is 0.101. The van der Waals surface area contributed by atoms with Crippen molar-refractivity contribution in [3.63, 3.8) is 0 Å². The third kappa shape index (κ3) is 14.9. The fourth-order valence-corrected chi connectivity index (χ4v) is 4.50. The molecule has 36 heavy (non-hydrogen) atoms. The van der Waals surface area contributed by atoms with Gasteiger partial charge in [0.15, 0.2) is 0 Å². The van der Waals surface area contributed by atoms with Gasteiger partial charge in [-0.1, -0.05) is 100 Å². The number of methoxy groups -OCH3 is 1. The van der Waals surface area contributed by atoms with E-state index in [1.165, 1.54) is 16.7 Å². The van der Waals surface area contributed by atoms with Crippen molar-refractivity contribution in [2.24, 2.45) is 0 Å². The van der Waals surface area contributed by atoms with Crippen LogP contribution >= 0.6 is 11.8 Å². The molecule has 200 valence electrons. The molecule has 0 atom stereocenters. The van der Waals surface area contributed by atoms with Crippen molar-refractivity contribution in [2.75, 3.05) is 20.3 Å². The Bertz CT molecular complexity index is 870. The topological polar surface area (TPSA) is 53.5 Å². The fraction of sp³-hybridized carbons (Fsp3) is 0.419. The van der Waals surface area contributed by atoms with Crippen molar-refractivity contribution < 1.29 is 9.84 Å². The van der Waals surface area contributed by atoms with Gasteiger partial charge >= 0.3 is 0 Å². The van der Waals surface area contributed by atoms with E-state index in [2.05, 4.69) is 73.0 Å². The number of aliphatic hydroxyl groups excluding tert-OH is 1. The van der Waals surface area contributed by atoms with E-state index in [-0.39, 0.29) is 21.0 Å². The zero-order valence-corrected chi connectivity index (χ0v) is 21.6. The first kappa shape index (κ1) is 33.7. The Labute approximate surface area is 224 Å². The molecule has 1 fully saturated rings. The van der Waals surface area contributed by atoms with Gasteiger partial charge in [0.2, 0.25) is 0 Å². The summed E-state index contributed by atoms with van der Waals surface area (Å²) in [4.78, 5) is 0. The summed E-state index contributed by atoms with van der Waals surface area (Å²) in [7, 11) is 1.68. The second-order valence-electron chi connectivity index (χ2n) is 8.25. The van der Waals surface area contributed by atoms with Gasteiger partial charge in [0, 0.05) is 24.2 Å². The zero-order chi connectivity index (χ0) is 24.4. The molecule has 4 nitrogen and oxygen atoms in total. The number of hydrogen-bond acceptors (Lipinski definition) is 5. The Morgan fingerprint density at radius 2 is 1.42 bits per heavy atom. The minimum absolute atomic E-state index is 0. The van der Waals surface area contributed by atoms with Gasteiger partial charge in [0.25, 0.3) is 0 Å². The molecule has 0 spiro atoms. The average molecular weight is 513 g/mol. The smallest absolute Gasteiger partial charge is 0.118 e. The molecule has 5 heteroatoms. The van der Waals surface area contributed by atoms with E-state index in [1.54, 1.807) is 7.11 Å². The summed E-state index contributed by atoms with van der Waals surface area (Å²) in [6.45, 7) is 6.91. The van der Waals surface area contributed by atoms with Crippen LogP contribution in [0.15, 0.2) is 84.9 Å². The minimum Gasteiger partial charge on any atom is -0.497 e. The highest BCUT2D eigenvalue weighted by Gasteiger charge is 2.26. The minimum atomic E-state index is -0.0201. The maximum atomic E-state index is 9.10. The molecule has 3 aromatic rings. The van der Waals surface area contributed by atoms with Gasteiger partial charge < -0.3 is 20.5 Å². The maximum absolute atomic E-state index is 9.10. The number of hydrogen-bond donors (Lipinski definition) is 3.